The summed E-state index contributed by atoms with van der Waals surface area (Å²) in [5.74, 6) is -1.64. The van der Waals surface area contributed by atoms with Crippen molar-refractivity contribution in [3.63, 3.8) is 0 Å². The Bertz CT molecular complexity index is 765. The molecule has 0 aliphatic rings. The summed E-state index contributed by atoms with van der Waals surface area (Å²) in [5, 5.41) is 0. The molecule has 0 nitrogen and oxygen atoms in total. The van der Waals surface area contributed by atoms with E-state index in [9.17, 15) is 8.78 Å². The average molecular weight is 368 g/mol. The minimum absolute atomic E-state index is 0. The van der Waals surface area contributed by atoms with E-state index >= 15 is 0 Å². The fourth-order valence-corrected chi connectivity index (χ4v) is 2.29. The maximum atomic E-state index is 14.4. The molecule has 0 saturated heterocycles. The summed E-state index contributed by atoms with van der Waals surface area (Å²) in [6.07, 6.45) is 0. The Labute approximate surface area is 154 Å². The summed E-state index contributed by atoms with van der Waals surface area (Å²) in [4.78, 5) is 0. The molecule has 0 amide bonds. The molecule has 3 aromatic rings. The second-order valence-electron chi connectivity index (χ2n) is 4.94. The van der Waals surface area contributed by atoms with Crippen molar-refractivity contribution in [3.8, 4) is 22.3 Å². The van der Waals surface area contributed by atoms with Crippen molar-refractivity contribution >= 4 is 0 Å². The minimum atomic E-state index is -0.820. The first-order valence-corrected chi connectivity index (χ1v) is 6.68. The second-order valence-corrected chi connectivity index (χ2v) is 4.94. The van der Waals surface area contributed by atoms with Crippen LogP contribution in [0.2, 0.25) is 0 Å². The van der Waals surface area contributed by atoms with Crippen molar-refractivity contribution in [1.29, 1.82) is 0 Å². The third-order valence-corrected chi connectivity index (χ3v) is 3.47. The van der Waals surface area contributed by atoms with E-state index in [1.807, 2.05) is 19.1 Å². The molecule has 0 unspecified atom stereocenters. The monoisotopic (exact) mass is 368 g/mol. The van der Waals surface area contributed by atoms with Gasteiger partial charge < -0.3 is 0 Å². The third kappa shape index (κ3) is 3.34. The smallest absolute Gasteiger partial charge is 0.167 e. The summed E-state index contributed by atoms with van der Waals surface area (Å²) in [7, 11) is 0. The molecule has 107 valence electrons. The van der Waals surface area contributed by atoms with Crippen molar-refractivity contribution in [1.82, 2.24) is 0 Å². The first-order valence-electron chi connectivity index (χ1n) is 6.68. The van der Waals surface area contributed by atoms with E-state index in [0.717, 1.165) is 5.56 Å². The molecule has 0 N–H and O–H groups in total. The van der Waals surface area contributed by atoms with Gasteiger partial charge in [0, 0.05) is 38.3 Å². The number of halogens is 2. The van der Waals surface area contributed by atoms with Crippen LogP contribution in [0.4, 0.5) is 8.78 Å². The van der Waals surface area contributed by atoms with Crippen LogP contribution in [0.3, 0.4) is 0 Å². The van der Waals surface area contributed by atoms with Crippen LogP contribution in [0.1, 0.15) is 5.56 Å². The van der Waals surface area contributed by atoms with Crippen LogP contribution in [0.15, 0.2) is 60.7 Å². The molecule has 0 atom stereocenters. The van der Waals surface area contributed by atoms with Gasteiger partial charge in [0.2, 0.25) is 0 Å². The van der Waals surface area contributed by atoms with Crippen LogP contribution >= 0.6 is 0 Å². The Morgan fingerprint density at radius 1 is 0.682 bits per heavy atom. The van der Waals surface area contributed by atoms with Gasteiger partial charge in [0.05, 0.1) is 0 Å². The van der Waals surface area contributed by atoms with Crippen molar-refractivity contribution < 1.29 is 41.5 Å². The molecule has 0 fully saturated rings. The molecule has 0 heterocycles. The fourth-order valence-electron chi connectivity index (χ4n) is 2.29. The topological polar surface area (TPSA) is 0 Å². The van der Waals surface area contributed by atoms with Gasteiger partial charge in [-0.2, -0.15) is 30.3 Å². The first-order chi connectivity index (χ1) is 10.2. The minimum Gasteiger partial charge on any atom is -0.203 e. The zero-order valence-electron chi connectivity index (χ0n) is 12.1. The van der Waals surface area contributed by atoms with Gasteiger partial charge in [0.25, 0.3) is 0 Å². The largest absolute Gasteiger partial charge is 0.203 e. The van der Waals surface area contributed by atoms with Crippen LogP contribution in [0.25, 0.3) is 22.3 Å². The van der Waals surface area contributed by atoms with E-state index in [0.29, 0.717) is 11.1 Å². The van der Waals surface area contributed by atoms with Crippen LogP contribution < -0.4 is 0 Å². The van der Waals surface area contributed by atoms with Gasteiger partial charge in [0.15, 0.2) is 11.6 Å². The van der Waals surface area contributed by atoms with Gasteiger partial charge >= 0.3 is 0 Å². The quantitative estimate of drug-likeness (QED) is 0.531. The fraction of sp³-hybridized carbons (Fsp3) is 0.0526. The zero-order chi connectivity index (χ0) is 14.8. The van der Waals surface area contributed by atoms with Crippen LogP contribution in [0.5, 0.6) is 0 Å². The molecule has 0 saturated carbocycles. The van der Waals surface area contributed by atoms with Crippen molar-refractivity contribution in [2.75, 3.05) is 0 Å². The predicted molar refractivity (Wildman–Crippen MR) is 80.8 cm³/mol. The molecule has 0 aliphatic heterocycles. The molecule has 0 bridgehead atoms. The summed E-state index contributed by atoms with van der Waals surface area (Å²) in [6.45, 7) is 1.95. The van der Waals surface area contributed by atoms with Crippen LogP contribution in [-0.2, 0) is 32.7 Å². The molecule has 3 rings (SSSR count). The molecule has 0 spiro atoms. The normalized spacial score (nSPS) is 10.1. The Kier molecular flexibility index (Phi) is 5.60. The molecular formula is C19H13F2Y-. The summed E-state index contributed by atoms with van der Waals surface area (Å²) in [5.41, 5.74) is 2.93. The van der Waals surface area contributed by atoms with E-state index in [2.05, 4.69) is 6.07 Å². The number of rotatable bonds is 2. The maximum Gasteiger partial charge on any atom is 0.167 e. The van der Waals surface area contributed by atoms with Crippen LogP contribution in [0, 0.1) is 24.6 Å². The Morgan fingerprint density at radius 3 is 1.64 bits per heavy atom. The van der Waals surface area contributed by atoms with Gasteiger partial charge in [-0.3, -0.25) is 0 Å². The number of hydrogen-bond donors (Lipinski definition) is 0. The van der Waals surface area contributed by atoms with E-state index in [-0.39, 0.29) is 43.8 Å². The van der Waals surface area contributed by atoms with Gasteiger partial charge in [0.1, 0.15) is 0 Å². The first kappa shape index (κ1) is 17.0. The predicted octanol–water partition coefficient (Wildman–Crippen LogP) is 5.40. The number of aryl methyl sites for hydroxylation is 1. The van der Waals surface area contributed by atoms with Gasteiger partial charge in [-0.1, -0.05) is 42.0 Å². The van der Waals surface area contributed by atoms with Crippen molar-refractivity contribution in [3.05, 3.63) is 83.9 Å². The maximum absolute atomic E-state index is 14.4. The number of benzene rings is 3. The van der Waals surface area contributed by atoms with Gasteiger partial charge in [-0.05, 0) is 18.1 Å². The molecule has 1 radical (unpaired) electrons. The molecule has 22 heavy (non-hydrogen) atoms. The third-order valence-electron chi connectivity index (χ3n) is 3.47. The standard InChI is InChI=1S/C19H13F2.Y/c1-13-7-9-15(10-8-13)17-12-11-16(18(20)19(17)21)14-5-3-2-4-6-14;/h3-12H,1H3;/q-1;. The summed E-state index contributed by atoms with van der Waals surface area (Å²) < 4.78 is 28.7. The molecule has 3 heteroatoms. The summed E-state index contributed by atoms with van der Waals surface area (Å²) >= 11 is 0. The van der Waals surface area contributed by atoms with Crippen molar-refractivity contribution in [2.24, 2.45) is 0 Å². The second kappa shape index (κ2) is 7.26. The molecular weight excluding hydrogens is 355 g/mol. The molecule has 3 aromatic carbocycles. The Hall–Kier alpha value is -1.38. The van der Waals surface area contributed by atoms with E-state index < -0.39 is 11.6 Å². The molecule has 0 aromatic heterocycles. The Balaban J connectivity index is 0.00000176. The van der Waals surface area contributed by atoms with E-state index in [1.165, 1.54) is 0 Å². The van der Waals surface area contributed by atoms with Gasteiger partial charge in [-0.15, -0.1) is 5.56 Å². The van der Waals surface area contributed by atoms with E-state index in [1.54, 1.807) is 48.5 Å². The van der Waals surface area contributed by atoms with Crippen molar-refractivity contribution in [2.45, 2.75) is 6.92 Å². The molecule has 0 aliphatic carbocycles. The summed E-state index contributed by atoms with van der Waals surface area (Å²) in [6, 6.07) is 20.2. The van der Waals surface area contributed by atoms with Gasteiger partial charge in [-0.25, -0.2) is 8.78 Å². The van der Waals surface area contributed by atoms with Crippen LogP contribution in [-0.4, -0.2) is 0 Å². The zero-order valence-corrected chi connectivity index (χ0v) is 14.9. The van der Waals surface area contributed by atoms with E-state index in [4.69, 9.17) is 0 Å². The number of hydrogen-bond acceptors (Lipinski definition) is 0. The Morgan fingerprint density at radius 2 is 1.14 bits per heavy atom. The average Bonchev–Trinajstić information content (AvgIpc) is 2.52. The SMILES string of the molecule is Cc1ccc(-c2ccc(-c3cc[c-]cc3)c(F)c2F)cc1.[Y].